The minimum atomic E-state index is 0.525. The summed E-state index contributed by atoms with van der Waals surface area (Å²) in [5.41, 5.74) is 2.04. The lowest BCUT2D eigenvalue weighted by molar-refractivity contribution is -0.808. The van der Waals surface area contributed by atoms with Crippen LogP contribution in [0.2, 0.25) is 0 Å². The van der Waals surface area contributed by atoms with Crippen LogP contribution in [0.3, 0.4) is 0 Å². The maximum absolute atomic E-state index is 11.9. The second kappa shape index (κ2) is 6.36. The fourth-order valence-corrected chi connectivity index (χ4v) is 2.80. The van der Waals surface area contributed by atoms with E-state index in [0.717, 1.165) is 30.3 Å². The summed E-state index contributed by atoms with van der Waals surface area (Å²) in [6.45, 7) is 4.86. The number of methoxy groups -OCH3 is 1. The van der Waals surface area contributed by atoms with E-state index in [1.165, 1.54) is 12.8 Å². The molecule has 3 rings (SSSR count). The molecule has 6 nitrogen and oxygen atoms in total. The van der Waals surface area contributed by atoms with Crippen molar-refractivity contribution in [2.75, 3.05) is 20.2 Å². The van der Waals surface area contributed by atoms with Gasteiger partial charge in [-0.2, -0.15) is 0 Å². The Morgan fingerprint density at radius 3 is 2.64 bits per heavy atom. The van der Waals surface area contributed by atoms with E-state index >= 15 is 0 Å². The smallest absolute Gasteiger partial charge is 0.252 e. The molecule has 0 atom stereocenters. The zero-order valence-electron chi connectivity index (χ0n) is 13.0. The predicted molar refractivity (Wildman–Crippen MR) is 81.1 cm³/mol. The van der Waals surface area contributed by atoms with E-state index in [9.17, 15) is 5.21 Å². The standard InChI is InChI=1S/C16H21N3O3/c1-12-7-9-18(10-8-12)11-15-16(17-22-19(15)20)13-3-5-14(21-2)6-4-13/h3-6,12H,7-11H2,1-2H3. The van der Waals surface area contributed by atoms with Gasteiger partial charge < -0.3 is 9.94 Å². The average Bonchev–Trinajstić information content (AvgIpc) is 2.91. The molecule has 1 aromatic carbocycles. The molecule has 0 bridgehead atoms. The van der Waals surface area contributed by atoms with Crippen molar-refractivity contribution in [1.82, 2.24) is 10.1 Å². The molecule has 0 radical (unpaired) electrons. The first-order valence-corrected chi connectivity index (χ1v) is 7.62. The SMILES string of the molecule is COc1ccc(-c2no[n+]([O-])c2CN2CCC(C)CC2)cc1. The Morgan fingerprint density at radius 2 is 2.00 bits per heavy atom. The predicted octanol–water partition coefficient (Wildman–Crippen LogP) is 2.22. The van der Waals surface area contributed by atoms with Crippen molar-refractivity contribution < 1.29 is 14.3 Å². The van der Waals surface area contributed by atoms with Gasteiger partial charge in [0.25, 0.3) is 5.69 Å². The molecular formula is C16H21N3O3. The van der Waals surface area contributed by atoms with Gasteiger partial charge in [-0.3, -0.25) is 9.53 Å². The third-order valence-corrected chi connectivity index (χ3v) is 4.31. The molecule has 0 saturated carbocycles. The summed E-state index contributed by atoms with van der Waals surface area (Å²) in [6, 6.07) is 7.48. The molecule has 1 fully saturated rings. The molecule has 6 heteroatoms. The number of aromatic nitrogens is 2. The highest BCUT2D eigenvalue weighted by Crippen LogP contribution is 2.24. The second-order valence-corrected chi connectivity index (χ2v) is 5.91. The molecule has 2 heterocycles. The molecule has 2 aromatic rings. The van der Waals surface area contributed by atoms with Gasteiger partial charge in [0.2, 0.25) is 5.69 Å². The molecule has 1 aliphatic rings. The fraction of sp³-hybridized carbons (Fsp3) is 0.500. The quantitative estimate of drug-likeness (QED) is 0.810. The van der Waals surface area contributed by atoms with Crippen LogP contribution in [0.25, 0.3) is 11.3 Å². The van der Waals surface area contributed by atoms with Gasteiger partial charge in [0.05, 0.1) is 13.7 Å². The molecule has 0 unspecified atom stereocenters. The van der Waals surface area contributed by atoms with Crippen LogP contribution in [0.15, 0.2) is 28.9 Å². The highest BCUT2D eigenvalue weighted by atomic mass is 16.8. The Bertz CT molecular complexity index is 616. The van der Waals surface area contributed by atoms with E-state index < -0.39 is 0 Å². The van der Waals surface area contributed by atoms with Crippen molar-refractivity contribution in [2.24, 2.45) is 5.92 Å². The number of hydrogen-bond acceptors (Lipinski definition) is 5. The number of likely N-dealkylation sites (tertiary alicyclic amines) is 1. The molecule has 1 aliphatic heterocycles. The monoisotopic (exact) mass is 303 g/mol. The summed E-state index contributed by atoms with van der Waals surface area (Å²) in [4.78, 5) is 2.81. The van der Waals surface area contributed by atoms with Gasteiger partial charge in [-0.25, -0.2) is 0 Å². The maximum atomic E-state index is 11.9. The van der Waals surface area contributed by atoms with E-state index in [-0.39, 0.29) is 0 Å². The van der Waals surface area contributed by atoms with Gasteiger partial charge >= 0.3 is 0 Å². The van der Waals surface area contributed by atoms with Crippen LogP contribution in [0.5, 0.6) is 5.75 Å². The minimum absolute atomic E-state index is 0.525. The summed E-state index contributed by atoms with van der Waals surface area (Å²) < 4.78 is 9.98. The van der Waals surface area contributed by atoms with E-state index in [1.54, 1.807) is 7.11 Å². The van der Waals surface area contributed by atoms with Crippen LogP contribution in [0.4, 0.5) is 0 Å². The maximum Gasteiger partial charge on any atom is 0.252 e. The van der Waals surface area contributed by atoms with Crippen molar-refractivity contribution in [3.8, 4) is 17.0 Å². The van der Waals surface area contributed by atoms with Gasteiger partial charge in [-0.15, -0.1) is 0 Å². The molecule has 118 valence electrons. The highest BCUT2D eigenvalue weighted by molar-refractivity contribution is 5.61. The Morgan fingerprint density at radius 1 is 1.32 bits per heavy atom. The van der Waals surface area contributed by atoms with Crippen molar-refractivity contribution in [3.63, 3.8) is 0 Å². The Hall–Kier alpha value is -2.08. The number of hydrogen-bond donors (Lipinski definition) is 0. The lowest BCUT2D eigenvalue weighted by Crippen LogP contribution is -2.37. The first-order valence-electron chi connectivity index (χ1n) is 7.62. The Labute approximate surface area is 129 Å². The van der Waals surface area contributed by atoms with Gasteiger partial charge in [-0.05, 0) is 61.0 Å². The summed E-state index contributed by atoms with van der Waals surface area (Å²) in [5, 5.41) is 15.8. The zero-order valence-corrected chi connectivity index (χ0v) is 13.0. The first-order chi connectivity index (χ1) is 10.7. The van der Waals surface area contributed by atoms with Gasteiger partial charge in [0.15, 0.2) is 0 Å². The first kappa shape index (κ1) is 14.8. The van der Waals surface area contributed by atoms with Crippen LogP contribution < -0.4 is 9.64 Å². The minimum Gasteiger partial charge on any atom is -0.497 e. The Kier molecular flexibility index (Phi) is 4.29. The molecule has 1 aromatic heterocycles. The molecule has 1 saturated heterocycles. The highest BCUT2D eigenvalue weighted by Gasteiger charge is 2.25. The van der Waals surface area contributed by atoms with Crippen molar-refractivity contribution in [2.45, 2.75) is 26.3 Å². The number of piperidine rings is 1. The summed E-state index contributed by atoms with van der Waals surface area (Å²) in [5.74, 6) is 1.54. The zero-order chi connectivity index (χ0) is 15.5. The van der Waals surface area contributed by atoms with E-state index in [1.807, 2.05) is 24.3 Å². The van der Waals surface area contributed by atoms with E-state index in [2.05, 4.69) is 17.0 Å². The van der Waals surface area contributed by atoms with Crippen LogP contribution >= 0.6 is 0 Å². The summed E-state index contributed by atoms with van der Waals surface area (Å²) in [6.07, 6.45) is 2.34. The average molecular weight is 303 g/mol. The largest absolute Gasteiger partial charge is 0.497 e. The molecule has 22 heavy (non-hydrogen) atoms. The normalized spacial score (nSPS) is 16.8. The molecule has 0 amide bonds. The van der Waals surface area contributed by atoms with Crippen LogP contribution in [0, 0.1) is 11.1 Å². The van der Waals surface area contributed by atoms with Crippen molar-refractivity contribution >= 4 is 0 Å². The third-order valence-electron chi connectivity index (χ3n) is 4.31. The Balaban J connectivity index is 1.80. The van der Waals surface area contributed by atoms with E-state index in [4.69, 9.17) is 9.37 Å². The van der Waals surface area contributed by atoms with Crippen LogP contribution in [0.1, 0.15) is 25.5 Å². The van der Waals surface area contributed by atoms with Crippen molar-refractivity contribution in [3.05, 3.63) is 35.2 Å². The van der Waals surface area contributed by atoms with Gasteiger partial charge in [-0.1, -0.05) is 6.92 Å². The van der Waals surface area contributed by atoms with Gasteiger partial charge in [0, 0.05) is 10.7 Å². The molecular weight excluding hydrogens is 282 g/mol. The number of ether oxygens (including phenoxy) is 1. The van der Waals surface area contributed by atoms with E-state index in [0.29, 0.717) is 22.8 Å². The van der Waals surface area contributed by atoms with Crippen LogP contribution in [-0.2, 0) is 6.54 Å². The lowest BCUT2D eigenvalue weighted by Gasteiger charge is -2.29. The molecule has 0 N–H and O–H groups in total. The third kappa shape index (κ3) is 3.06. The molecule has 0 aliphatic carbocycles. The molecule has 0 spiro atoms. The summed E-state index contributed by atoms with van der Waals surface area (Å²) >= 11 is 0. The lowest BCUT2D eigenvalue weighted by atomic mass is 9.99. The van der Waals surface area contributed by atoms with Crippen molar-refractivity contribution in [1.29, 1.82) is 0 Å². The second-order valence-electron chi connectivity index (χ2n) is 5.91. The van der Waals surface area contributed by atoms with Gasteiger partial charge in [0.1, 0.15) is 5.75 Å². The topological polar surface area (TPSA) is 65.4 Å². The fourth-order valence-electron chi connectivity index (χ4n) is 2.80. The number of benzene rings is 1. The number of nitrogens with zero attached hydrogens (tertiary/aromatic N) is 3. The summed E-state index contributed by atoms with van der Waals surface area (Å²) in [7, 11) is 1.62. The number of rotatable bonds is 4. The van der Waals surface area contributed by atoms with Crippen LogP contribution in [-0.4, -0.2) is 30.3 Å².